The van der Waals surface area contributed by atoms with Gasteiger partial charge in [-0.3, -0.25) is 14.4 Å². The first-order chi connectivity index (χ1) is 29.5. The smallest absolute Gasteiger partial charge is 0.306 e. The van der Waals surface area contributed by atoms with E-state index >= 15 is 0 Å². The lowest BCUT2D eigenvalue weighted by atomic mass is 10.0. The predicted molar refractivity (Wildman–Crippen MR) is 257 cm³/mol. The van der Waals surface area contributed by atoms with Gasteiger partial charge < -0.3 is 14.2 Å². The molecule has 0 aromatic carbocycles. The lowest BCUT2D eigenvalue weighted by molar-refractivity contribution is -0.167. The maximum Gasteiger partial charge on any atom is 0.306 e. The van der Waals surface area contributed by atoms with Crippen LogP contribution >= 0.6 is 0 Å². The van der Waals surface area contributed by atoms with E-state index in [0.29, 0.717) is 19.3 Å². The Kier molecular flexibility index (Phi) is 48.7. The summed E-state index contributed by atoms with van der Waals surface area (Å²) in [4.78, 5) is 38.0. The molecule has 0 aliphatic heterocycles. The summed E-state index contributed by atoms with van der Waals surface area (Å²) >= 11 is 0. The molecule has 0 fully saturated rings. The Bertz CT molecular complexity index is 889. The zero-order valence-electron chi connectivity index (χ0n) is 40.8. The van der Waals surface area contributed by atoms with Crippen LogP contribution in [0.25, 0.3) is 0 Å². The Morgan fingerprint density at radius 3 is 0.667 bits per heavy atom. The fraction of sp³-hybridized carbons (Fsp3) is 0.944. The van der Waals surface area contributed by atoms with Crippen LogP contribution in [0.1, 0.15) is 310 Å². The topological polar surface area (TPSA) is 78.9 Å². The fourth-order valence-electron chi connectivity index (χ4n) is 8.27. The number of unbranched alkanes of at least 4 members (excludes halogenated alkanes) is 39. The maximum absolute atomic E-state index is 12.8. The normalized spacial score (nSPS) is 11.8. The molecule has 0 saturated heterocycles. The minimum Gasteiger partial charge on any atom is -0.462 e. The molecule has 0 unspecified atom stereocenters. The van der Waals surface area contributed by atoms with Crippen molar-refractivity contribution < 1.29 is 28.6 Å². The average molecular weight is 849 g/mol. The molecule has 6 nitrogen and oxygen atoms in total. The van der Waals surface area contributed by atoms with Crippen molar-refractivity contribution in [1.29, 1.82) is 0 Å². The average Bonchev–Trinajstić information content (AvgIpc) is 3.24. The van der Waals surface area contributed by atoms with E-state index in [-0.39, 0.29) is 31.1 Å². The SMILES string of the molecule is CCCCCCCCCCCCCCCCCCC(=O)OC[C@@H](COC(=O)CCCCCCCCCCCCCCCC)OC(=O)CCCCCCCCCCCCCC. The van der Waals surface area contributed by atoms with Gasteiger partial charge >= 0.3 is 17.9 Å². The minimum absolute atomic E-state index is 0.0615. The van der Waals surface area contributed by atoms with Crippen molar-refractivity contribution in [2.75, 3.05) is 13.2 Å². The van der Waals surface area contributed by atoms with Crippen LogP contribution in [0.3, 0.4) is 0 Å². The molecule has 0 rings (SSSR count). The van der Waals surface area contributed by atoms with Crippen LogP contribution in [0.4, 0.5) is 0 Å². The highest BCUT2D eigenvalue weighted by Crippen LogP contribution is 2.17. The molecular weight excluding hydrogens is 745 g/mol. The van der Waals surface area contributed by atoms with Gasteiger partial charge in [-0.05, 0) is 19.3 Å². The summed E-state index contributed by atoms with van der Waals surface area (Å²) in [6.07, 6.45) is 53.7. The van der Waals surface area contributed by atoms with E-state index in [1.54, 1.807) is 0 Å². The van der Waals surface area contributed by atoms with E-state index in [4.69, 9.17) is 14.2 Å². The third-order valence-corrected chi connectivity index (χ3v) is 12.4. The molecule has 0 spiro atoms. The van der Waals surface area contributed by atoms with Crippen LogP contribution in [0.15, 0.2) is 0 Å². The summed E-state index contributed by atoms with van der Waals surface area (Å²) in [5.74, 6) is -0.837. The lowest BCUT2D eigenvalue weighted by Gasteiger charge is -2.18. The zero-order chi connectivity index (χ0) is 43.7. The molecule has 0 saturated carbocycles. The van der Waals surface area contributed by atoms with Gasteiger partial charge in [-0.1, -0.05) is 271 Å². The summed E-state index contributed by atoms with van der Waals surface area (Å²) in [5.41, 5.74) is 0. The number of hydrogen-bond donors (Lipinski definition) is 0. The highest BCUT2D eigenvalue weighted by atomic mass is 16.6. The van der Waals surface area contributed by atoms with Crippen molar-refractivity contribution in [2.24, 2.45) is 0 Å². The van der Waals surface area contributed by atoms with Gasteiger partial charge in [-0.15, -0.1) is 0 Å². The number of carbonyl (C=O) groups is 3. The summed E-state index contributed by atoms with van der Waals surface area (Å²) in [6, 6.07) is 0. The van der Waals surface area contributed by atoms with Gasteiger partial charge in [0.05, 0.1) is 0 Å². The Morgan fingerprint density at radius 2 is 0.450 bits per heavy atom. The number of esters is 3. The number of rotatable bonds is 50. The van der Waals surface area contributed by atoms with Gasteiger partial charge in [0, 0.05) is 19.3 Å². The molecule has 0 aliphatic rings. The van der Waals surface area contributed by atoms with Crippen LogP contribution < -0.4 is 0 Å². The van der Waals surface area contributed by atoms with Crippen molar-refractivity contribution >= 4 is 17.9 Å². The molecule has 0 N–H and O–H groups in total. The summed E-state index contributed by atoms with van der Waals surface area (Å²) in [7, 11) is 0. The molecule has 0 aromatic rings. The summed E-state index contributed by atoms with van der Waals surface area (Å²) in [5, 5.41) is 0. The van der Waals surface area contributed by atoms with Crippen molar-refractivity contribution in [3.05, 3.63) is 0 Å². The highest BCUT2D eigenvalue weighted by Gasteiger charge is 2.19. The fourth-order valence-corrected chi connectivity index (χ4v) is 8.27. The molecule has 0 radical (unpaired) electrons. The third-order valence-electron chi connectivity index (χ3n) is 12.4. The zero-order valence-corrected chi connectivity index (χ0v) is 40.8. The van der Waals surface area contributed by atoms with Crippen LogP contribution in [0.5, 0.6) is 0 Å². The monoisotopic (exact) mass is 849 g/mol. The van der Waals surface area contributed by atoms with Crippen LogP contribution in [-0.4, -0.2) is 37.2 Å². The van der Waals surface area contributed by atoms with Gasteiger partial charge in [0.25, 0.3) is 0 Å². The summed E-state index contributed by atoms with van der Waals surface area (Å²) in [6.45, 7) is 6.69. The second-order valence-electron chi connectivity index (χ2n) is 18.5. The summed E-state index contributed by atoms with van der Waals surface area (Å²) < 4.78 is 16.8. The standard InChI is InChI=1S/C54H104O6/c1-4-7-10-13-16-19-22-25-27-28-30-33-35-38-41-44-47-53(56)59-50-51(60-54(57)48-45-42-39-36-31-24-21-18-15-12-9-6-3)49-58-52(55)46-43-40-37-34-32-29-26-23-20-17-14-11-8-5-2/h51H,4-50H2,1-3H3/t51-/m1/s1. The largest absolute Gasteiger partial charge is 0.462 e. The number of ether oxygens (including phenoxy) is 3. The second-order valence-corrected chi connectivity index (χ2v) is 18.5. The van der Waals surface area contributed by atoms with Crippen LogP contribution in [0.2, 0.25) is 0 Å². The first-order valence-electron chi connectivity index (χ1n) is 27.0. The van der Waals surface area contributed by atoms with E-state index in [9.17, 15) is 14.4 Å². The highest BCUT2D eigenvalue weighted by molar-refractivity contribution is 5.71. The molecule has 0 aromatic heterocycles. The Hall–Kier alpha value is -1.59. The first-order valence-corrected chi connectivity index (χ1v) is 27.0. The minimum atomic E-state index is -0.759. The Balaban J connectivity index is 4.28. The maximum atomic E-state index is 12.8. The number of hydrogen-bond acceptors (Lipinski definition) is 6. The molecule has 0 aliphatic carbocycles. The van der Waals surface area contributed by atoms with Gasteiger partial charge in [0.15, 0.2) is 6.10 Å². The first kappa shape index (κ1) is 58.4. The molecule has 0 bridgehead atoms. The van der Waals surface area contributed by atoms with E-state index in [1.807, 2.05) is 0 Å². The third kappa shape index (κ3) is 47.5. The van der Waals surface area contributed by atoms with E-state index < -0.39 is 6.10 Å². The lowest BCUT2D eigenvalue weighted by Crippen LogP contribution is -2.30. The van der Waals surface area contributed by atoms with E-state index in [0.717, 1.165) is 57.8 Å². The van der Waals surface area contributed by atoms with Crippen molar-refractivity contribution in [3.63, 3.8) is 0 Å². The van der Waals surface area contributed by atoms with Gasteiger partial charge in [0.1, 0.15) is 13.2 Å². The molecule has 0 heterocycles. The molecule has 6 heteroatoms. The van der Waals surface area contributed by atoms with E-state index in [1.165, 1.54) is 212 Å². The van der Waals surface area contributed by atoms with Gasteiger partial charge in [0.2, 0.25) is 0 Å². The molecule has 0 amide bonds. The quantitative estimate of drug-likeness (QED) is 0.0345. The Morgan fingerprint density at radius 1 is 0.267 bits per heavy atom. The van der Waals surface area contributed by atoms with Gasteiger partial charge in [-0.25, -0.2) is 0 Å². The van der Waals surface area contributed by atoms with E-state index in [2.05, 4.69) is 20.8 Å². The van der Waals surface area contributed by atoms with Gasteiger partial charge in [-0.2, -0.15) is 0 Å². The van der Waals surface area contributed by atoms with Crippen LogP contribution in [-0.2, 0) is 28.6 Å². The Labute approximate surface area is 374 Å². The molecule has 1 atom stereocenters. The second kappa shape index (κ2) is 50.1. The van der Waals surface area contributed by atoms with Crippen molar-refractivity contribution in [3.8, 4) is 0 Å². The molecular formula is C54H104O6. The van der Waals surface area contributed by atoms with Crippen LogP contribution in [0, 0.1) is 0 Å². The molecule has 356 valence electrons. The predicted octanol–water partition coefficient (Wildman–Crippen LogP) is 17.6. The van der Waals surface area contributed by atoms with Crippen molar-refractivity contribution in [2.45, 2.75) is 316 Å². The van der Waals surface area contributed by atoms with Crippen molar-refractivity contribution in [1.82, 2.24) is 0 Å². The number of carbonyl (C=O) groups excluding carboxylic acids is 3. The molecule has 60 heavy (non-hydrogen) atoms.